The molecule has 2 aliphatic rings. The fourth-order valence-corrected chi connectivity index (χ4v) is 3.50. The molecule has 0 amide bonds. The molecule has 0 aromatic carbocycles. The third-order valence-electron chi connectivity index (χ3n) is 4.86. The van der Waals surface area contributed by atoms with Gasteiger partial charge in [0.25, 0.3) is 0 Å². The van der Waals surface area contributed by atoms with Crippen molar-refractivity contribution in [3.8, 4) is 0 Å². The topological polar surface area (TPSA) is 36.3 Å². The first-order chi connectivity index (χ1) is 9.74. The van der Waals surface area contributed by atoms with Crippen LogP contribution >= 0.6 is 0 Å². The van der Waals surface area contributed by atoms with E-state index >= 15 is 0 Å². The van der Waals surface area contributed by atoms with Crippen LogP contribution in [0, 0.1) is 5.92 Å². The van der Waals surface area contributed by atoms with Gasteiger partial charge in [0.1, 0.15) is 5.82 Å². The van der Waals surface area contributed by atoms with E-state index < -0.39 is 0 Å². The number of piperidine rings is 1. The molecule has 1 atom stereocenters. The molecule has 2 saturated heterocycles. The Labute approximate surface area is 122 Å². The Hall–Kier alpha value is -0.910. The summed E-state index contributed by atoms with van der Waals surface area (Å²) in [5.41, 5.74) is 0. The number of nitrogens with one attached hydrogen (secondary N) is 1. The lowest BCUT2D eigenvalue weighted by Crippen LogP contribution is -2.49. The van der Waals surface area contributed by atoms with Crippen LogP contribution in [0.25, 0.3) is 0 Å². The number of hydrogen-bond acceptors (Lipinski definition) is 4. The van der Waals surface area contributed by atoms with E-state index in [4.69, 9.17) is 0 Å². The van der Waals surface area contributed by atoms with Crippen molar-refractivity contribution < 1.29 is 0 Å². The van der Waals surface area contributed by atoms with Crippen molar-refractivity contribution in [2.24, 2.45) is 13.0 Å². The van der Waals surface area contributed by atoms with Gasteiger partial charge < -0.3 is 9.88 Å². The smallest absolute Gasteiger partial charge is 0.127 e. The lowest BCUT2D eigenvalue weighted by Gasteiger charge is -2.40. The minimum Gasteiger partial charge on any atom is -0.337 e. The first-order valence-electron chi connectivity index (χ1n) is 7.84. The van der Waals surface area contributed by atoms with Gasteiger partial charge in [-0.1, -0.05) is 0 Å². The second kappa shape index (κ2) is 6.24. The van der Waals surface area contributed by atoms with Gasteiger partial charge in [-0.3, -0.25) is 9.80 Å². The Balaban J connectivity index is 1.62. The van der Waals surface area contributed by atoms with Crippen molar-refractivity contribution in [3.05, 3.63) is 18.2 Å². The van der Waals surface area contributed by atoms with Crippen LogP contribution in [0.15, 0.2) is 12.4 Å². The molecule has 3 heterocycles. The Morgan fingerprint density at radius 2 is 2.05 bits per heavy atom. The summed E-state index contributed by atoms with van der Waals surface area (Å²) in [5, 5.41) is 3.46. The van der Waals surface area contributed by atoms with Crippen LogP contribution < -0.4 is 5.32 Å². The Morgan fingerprint density at radius 1 is 1.25 bits per heavy atom. The molecule has 2 aliphatic heterocycles. The molecule has 0 aliphatic carbocycles. The fourth-order valence-electron chi connectivity index (χ4n) is 3.50. The summed E-state index contributed by atoms with van der Waals surface area (Å²) in [4.78, 5) is 9.65. The second-order valence-electron chi connectivity index (χ2n) is 6.35. The lowest BCUT2D eigenvalue weighted by molar-refractivity contribution is 0.0735. The van der Waals surface area contributed by atoms with Crippen LogP contribution in [0.2, 0.25) is 0 Å². The van der Waals surface area contributed by atoms with E-state index in [-0.39, 0.29) is 0 Å². The zero-order valence-corrected chi connectivity index (χ0v) is 12.8. The monoisotopic (exact) mass is 277 g/mol. The number of imidazole rings is 1. The maximum Gasteiger partial charge on any atom is 0.127 e. The molecule has 1 aromatic rings. The first kappa shape index (κ1) is 14.0. The van der Waals surface area contributed by atoms with Gasteiger partial charge in [-0.25, -0.2) is 4.98 Å². The minimum atomic E-state index is 0.436. The number of piperazine rings is 1. The number of hydrogen-bond donors (Lipinski definition) is 1. The molecule has 20 heavy (non-hydrogen) atoms. The number of aromatic nitrogens is 2. The highest BCUT2D eigenvalue weighted by Crippen LogP contribution is 2.24. The molecule has 2 fully saturated rings. The molecule has 1 aromatic heterocycles. The molecule has 5 heteroatoms. The third-order valence-corrected chi connectivity index (χ3v) is 4.86. The highest BCUT2D eigenvalue weighted by Gasteiger charge is 2.29. The second-order valence-corrected chi connectivity index (χ2v) is 6.35. The third kappa shape index (κ3) is 3.05. The number of nitrogens with zero attached hydrogens (tertiary/aromatic N) is 4. The van der Waals surface area contributed by atoms with Crippen molar-refractivity contribution in [1.82, 2.24) is 24.7 Å². The first-order valence-corrected chi connectivity index (χ1v) is 7.84. The summed E-state index contributed by atoms with van der Waals surface area (Å²) in [6, 6.07) is 0.436. The summed E-state index contributed by atoms with van der Waals surface area (Å²) in [7, 11) is 4.32. The normalized spacial score (nSPS) is 27.0. The van der Waals surface area contributed by atoms with E-state index in [0.717, 1.165) is 19.0 Å². The van der Waals surface area contributed by atoms with Crippen LogP contribution in [0.1, 0.15) is 24.7 Å². The summed E-state index contributed by atoms with van der Waals surface area (Å²) in [6.45, 7) is 7.11. The molecule has 3 rings (SSSR count). The van der Waals surface area contributed by atoms with Crippen LogP contribution in [-0.2, 0) is 7.05 Å². The van der Waals surface area contributed by atoms with E-state index in [0.29, 0.717) is 6.04 Å². The van der Waals surface area contributed by atoms with Gasteiger partial charge in [0.2, 0.25) is 0 Å². The molecule has 0 radical (unpaired) electrons. The van der Waals surface area contributed by atoms with E-state index in [1.807, 2.05) is 6.20 Å². The van der Waals surface area contributed by atoms with Gasteiger partial charge in [-0.05, 0) is 38.9 Å². The van der Waals surface area contributed by atoms with Gasteiger partial charge in [-0.2, -0.15) is 0 Å². The van der Waals surface area contributed by atoms with Crippen LogP contribution in [0.5, 0.6) is 0 Å². The quantitative estimate of drug-likeness (QED) is 0.883. The van der Waals surface area contributed by atoms with E-state index in [2.05, 4.69) is 45.0 Å². The average Bonchev–Trinajstić information content (AvgIpc) is 2.88. The van der Waals surface area contributed by atoms with Crippen molar-refractivity contribution >= 4 is 0 Å². The zero-order chi connectivity index (χ0) is 13.9. The van der Waals surface area contributed by atoms with Gasteiger partial charge in [0, 0.05) is 45.6 Å². The molecule has 1 unspecified atom stereocenters. The standard InChI is InChI=1S/C15H27N5/c1-18-9-10-20(11-13-3-5-16-6-4-13)12-14(18)15-17-7-8-19(15)2/h7-8,13-14,16H,3-6,9-12H2,1-2H3. The summed E-state index contributed by atoms with van der Waals surface area (Å²) in [6.07, 6.45) is 6.63. The average molecular weight is 277 g/mol. The van der Waals surface area contributed by atoms with Gasteiger partial charge >= 0.3 is 0 Å². The highest BCUT2D eigenvalue weighted by atomic mass is 15.3. The highest BCUT2D eigenvalue weighted by molar-refractivity contribution is 5.02. The SMILES string of the molecule is CN1CCN(CC2CCNCC2)CC1c1nccn1C. The summed E-state index contributed by atoms with van der Waals surface area (Å²) in [5.74, 6) is 2.07. The van der Waals surface area contributed by atoms with Crippen molar-refractivity contribution in [2.45, 2.75) is 18.9 Å². The van der Waals surface area contributed by atoms with Gasteiger partial charge in [0.05, 0.1) is 6.04 Å². The fraction of sp³-hybridized carbons (Fsp3) is 0.800. The molecule has 5 nitrogen and oxygen atoms in total. The molecule has 0 saturated carbocycles. The molecule has 1 N–H and O–H groups in total. The van der Waals surface area contributed by atoms with Crippen LogP contribution in [0.3, 0.4) is 0 Å². The number of rotatable bonds is 3. The van der Waals surface area contributed by atoms with Crippen LogP contribution in [-0.4, -0.2) is 65.7 Å². The van der Waals surface area contributed by atoms with E-state index in [9.17, 15) is 0 Å². The van der Waals surface area contributed by atoms with Gasteiger partial charge in [-0.15, -0.1) is 0 Å². The van der Waals surface area contributed by atoms with Crippen molar-refractivity contribution in [2.75, 3.05) is 46.3 Å². The molecule has 112 valence electrons. The van der Waals surface area contributed by atoms with Crippen LogP contribution in [0.4, 0.5) is 0 Å². The van der Waals surface area contributed by atoms with Crippen molar-refractivity contribution in [1.29, 1.82) is 0 Å². The maximum atomic E-state index is 4.56. The molecule has 0 spiro atoms. The predicted molar refractivity (Wildman–Crippen MR) is 80.6 cm³/mol. The Bertz CT molecular complexity index is 424. The summed E-state index contributed by atoms with van der Waals surface area (Å²) < 4.78 is 2.16. The number of likely N-dealkylation sites (N-methyl/N-ethyl adjacent to an activating group) is 1. The Kier molecular flexibility index (Phi) is 4.38. The maximum absolute atomic E-state index is 4.56. The van der Waals surface area contributed by atoms with Gasteiger partial charge in [0.15, 0.2) is 0 Å². The van der Waals surface area contributed by atoms with Crippen molar-refractivity contribution in [3.63, 3.8) is 0 Å². The van der Waals surface area contributed by atoms with E-state index in [1.165, 1.54) is 44.8 Å². The Morgan fingerprint density at radius 3 is 2.75 bits per heavy atom. The van der Waals surface area contributed by atoms with E-state index in [1.54, 1.807) is 0 Å². The summed E-state index contributed by atoms with van der Waals surface area (Å²) >= 11 is 0. The largest absolute Gasteiger partial charge is 0.337 e. The predicted octanol–water partition coefficient (Wildman–Crippen LogP) is 0.708. The lowest BCUT2D eigenvalue weighted by atomic mass is 9.97. The molecular weight excluding hydrogens is 250 g/mol. The zero-order valence-electron chi connectivity index (χ0n) is 12.8. The molecular formula is C15H27N5. The number of aryl methyl sites for hydroxylation is 1. The molecule has 0 bridgehead atoms. The minimum absolute atomic E-state index is 0.436.